The lowest BCUT2D eigenvalue weighted by atomic mass is 10.0. The molecular formula is C16H16BrF2N. The number of hydrogen-bond donors (Lipinski definition) is 1. The van der Waals surface area contributed by atoms with E-state index >= 15 is 0 Å². The van der Waals surface area contributed by atoms with Gasteiger partial charge in [0, 0.05) is 22.6 Å². The van der Waals surface area contributed by atoms with Crippen molar-refractivity contribution in [3.63, 3.8) is 0 Å². The Kier molecular flexibility index (Phi) is 5.26. The van der Waals surface area contributed by atoms with Crippen molar-refractivity contribution in [2.75, 3.05) is 0 Å². The van der Waals surface area contributed by atoms with Crippen LogP contribution in [0.4, 0.5) is 8.78 Å². The highest BCUT2D eigenvalue weighted by atomic mass is 79.9. The van der Waals surface area contributed by atoms with Gasteiger partial charge in [-0.3, -0.25) is 0 Å². The molecule has 0 bridgehead atoms. The minimum Gasteiger partial charge on any atom is -0.306 e. The smallest absolute Gasteiger partial charge is 0.130 e. The Morgan fingerprint density at radius 3 is 2.20 bits per heavy atom. The molecular weight excluding hydrogens is 324 g/mol. The molecule has 0 saturated carbocycles. The topological polar surface area (TPSA) is 12.0 Å². The zero-order valence-corrected chi connectivity index (χ0v) is 12.8. The molecule has 0 saturated heterocycles. The van der Waals surface area contributed by atoms with Gasteiger partial charge < -0.3 is 5.32 Å². The Bertz CT molecular complexity index is 549. The van der Waals surface area contributed by atoms with E-state index in [1.807, 2.05) is 31.2 Å². The zero-order chi connectivity index (χ0) is 14.5. The van der Waals surface area contributed by atoms with Crippen LogP contribution >= 0.6 is 15.9 Å². The molecule has 2 aromatic carbocycles. The average molecular weight is 340 g/mol. The first-order chi connectivity index (χ1) is 9.61. The van der Waals surface area contributed by atoms with Crippen LogP contribution in [0.2, 0.25) is 0 Å². The fourth-order valence-corrected chi connectivity index (χ4v) is 2.38. The van der Waals surface area contributed by atoms with Gasteiger partial charge in [0.1, 0.15) is 11.6 Å². The quantitative estimate of drug-likeness (QED) is 0.810. The fourth-order valence-electron chi connectivity index (χ4n) is 2.12. The summed E-state index contributed by atoms with van der Waals surface area (Å²) in [5, 5.41) is 3.21. The van der Waals surface area contributed by atoms with E-state index in [1.165, 1.54) is 18.2 Å². The maximum Gasteiger partial charge on any atom is 0.130 e. The lowest BCUT2D eigenvalue weighted by molar-refractivity contribution is 0.483. The van der Waals surface area contributed by atoms with Crippen molar-refractivity contribution in [1.82, 2.24) is 5.32 Å². The van der Waals surface area contributed by atoms with Crippen LogP contribution in [-0.4, -0.2) is 0 Å². The van der Waals surface area contributed by atoms with Crippen molar-refractivity contribution in [3.05, 3.63) is 69.7 Å². The van der Waals surface area contributed by atoms with Gasteiger partial charge in [-0.2, -0.15) is 0 Å². The predicted octanol–water partition coefficient (Wildman–Crippen LogP) is 4.97. The van der Waals surface area contributed by atoms with Gasteiger partial charge in [0.25, 0.3) is 0 Å². The number of nitrogens with one attached hydrogen (secondary N) is 1. The van der Waals surface area contributed by atoms with E-state index in [-0.39, 0.29) is 18.2 Å². The predicted molar refractivity (Wildman–Crippen MR) is 80.4 cm³/mol. The molecule has 20 heavy (non-hydrogen) atoms. The van der Waals surface area contributed by atoms with E-state index in [0.29, 0.717) is 0 Å². The van der Waals surface area contributed by atoms with Gasteiger partial charge in [0.05, 0.1) is 0 Å². The van der Waals surface area contributed by atoms with Crippen LogP contribution in [0.25, 0.3) is 0 Å². The van der Waals surface area contributed by atoms with Crippen molar-refractivity contribution in [1.29, 1.82) is 0 Å². The number of rotatable bonds is 5. The second-order valence-corrected chi connectivity index (χ2v) is 5.51. The van der Waals surface area contributed by atoms with Gasteiger partial charge in [-0.25, -0.2) is 8.78 Å². The van der Waals surface area contributed by atoms with E-state index in [1.54, 1.807) is 0 Å². The maximum absolute atomic E-state index is 13.6. The van der Waals surface area contributed by atoms with E-state index < -0.39 is 11.6 Å². The van der Waals surface area contributed by atoms with Crippen LogP contribution in [0, 0.1) is 11.6 Å². The molecule has 1 atom stereocenters. The van der Waals surface area contributed by atoms with Crippen molar-refractivity contribution in [2.24, 2.45) is 0 Å². The van der Waals surface area contributed by atoms with Crippen molar-refractivity contribution >= 4 is 15.9 Å². The minimum atomic E-state index is -0.511. The van der Waals surface area contributed by atoms with Gasteiger partial charge in [-0.15, -0.1) is 0 Å². The molecule has 0 aliphatic carbocycles. The van der Waals surface area contributed by atoms with E-state index in [9.17, 15) is 8.78 Å². The second-order valence-electron chi connectivity index (χ2n) is 4.59. The lowest BCUT2D eigenvalue weighted by Gasteiger charge is -2.18. The van der Waals surface area contributed by atoms with Crippen LogP contribution in [0.1, 0.15) is 30.5 Å². The molecule has 1 nitrogen and oxygen atoms in total. The van der Waals surface area contributed by atoms with Crippen molar-refractivity contribution in [3.8, 4) is 0 Å². The third-order valence-electron chi connectivity index (χ3n) is 3.27. The number of halogens is 3. The first-order valence-corrected chi connectivity index (χ1v) is 7.33. The summed E-state index contributed by atoms with van der Waals surface area (Å²) in [5.74, 6) is -1.02. The first kappa shape index (κ1) is 15.1. The second kappa shape index (κ2) is 6.95. The molecule has 0 aliphatic rings. The van der Waals surface area contributed by atoms with Gasteiger partial charge in [0.15, 0.2) is 0 Å². The van der Waals surface area contributed by atoms with Crippen LogP contribution in [0.15, 0.2) is 46.9 Å². The summed E-state index contributed by atoms with van der Waals surface area (Å²) < 4.78 is 28.2. The lowest BCUT2D eigenvalue weighted by Crippen LogP contribution is -2.21. The Hall–Kier alpha value is -1.26. The van der Waals surface area contributed by atoms with E-state index in [4.69, 9.17) is 0 Å². The van der Waals surface area contributed by atoms with Crippen LogP contribution in [-0.2, 0) is 6.54 Å². The average Bonchev–Trinajstić information content (AvgIpc) is 2.44. The zero-order valence-electron chi connectivity index (χ0n) is 11.2. The summed E-state index contributed by atoms with van der Waals surface area (Å²) in [7, 11) is 0. The van der Waals surface area contributed by atoms with Crippen molar-refractivity contribution < 1.29 is 8.78 Å². The molecule has 0 aliphatic heterocycles. The maximum atomic E-state index is 13.6. The van der Waals surface area contributed by atoms with E-state index in [2.05, 4.69) is 21.2 Å². The molecule has 4 heteroatoms. The Balaban J connectivity index is 2.09. The summed E-state index contributed by atoms with van der Waals surface area (Å²) in [4.78, 5) is 0. The minimum absolute atomic E-state index is 0.0714. The third-order valence-corrected chi connectivity index (χ3v) is 3.80. The SMILES string of the molecule is CCC(NCc1c(F)cccc1F)c1ccc(Br)cc1. The van der Waals surface area contributed by atoms with Crippen LogP contribution in [0.5, 0.6) is 0 Å². The largest absolute Gasteiger partial charge is 0.306 e. The molecule has 2 aromatic rings. The summed E-state index contributed by atoms with van der Waals surface area (Å²) in [6.45, 7) is 2.21. The molecule has 0 aromatic heterocycles. The fraction of sp³-hybridized carbons (Fsp3) is 0.250. The van der Waals surface area contributed by atoms with Gasteiger partial charge in [0.2, 0.25) is 0 Å². The van der Waals surface area contributed by atoms with Crippen molar-refractivity contribution in [2.45, 2.75) is 25.9 Å². The Morgan fingerprint density at radius 1 is 1.05 bits per heavy atom. The standard InChI is InChI=1S/C16H16BrF2N/c1-2-16(11-6-8-12(17)9-7-11)20-10-13-14(18)4-3-5-15(13)19/h3-9,16,20H,2,10H2,1H3. The first-order valence-electron chi connectivity index (χ1n) is 6.53. The summed E-state index contributed by atoms with van der Waals surface area (Å²) in [5.41, 5.74) is 1.19. The molecule has 0 fully saturated rings. The third kappa shape index (κ3) is 3.64. The summed E-state index contributed by atoms with van der Waals surface area (Å²) >= 11 is 3.39. The van der Waals surface area contributed by atoms with Gasteiger partial charge >= 0.3 is 0 Å². The molecule has 0 spiro atoms. The normalized spacial score (nSPS) is 12.4. The van der Waals surface area contributed by atoms with Crippen LogP contribution < -0.4 is 5.32 Å². The highest BCUT2D eigenvalue weighted by Gasteiger charge is 2.12. The molecule has 106 valence electrons. The summed E-state index contributed by atoms with van der Waals surface area (Å²) in [6, 6.07) is 11.9. The highest BCUT2D eigenvalue weighted by molar-refractivity contribution is 9.10. The van der Waals surface area contributed by atoms with Gasteiger partial charge in [-0.05, 0) is 36.2 Å². The van der Waals surface area contributed by atoms with E-state index in [0.717, 1.165) is 16.5 Å². The Morgan fingerprint density at radius 2 is 1.65 bits per heavy atom. The monoisotopic (exact) mass is 339 g/mol. The number of benzene rings is 2. The molecule has 0 radical (unpaired) electrons. The van der Waals surface area contributed by atoms with Gasteiger partial charge in [-0.1, -0.05) is 41.1 Å². The molecule has 0 amide bonds. The molecule has 2 rings (SSSR count). The molecule has 1 unspecified atom stereocenters. The molecule has 1 N–H and O–H groups in total. The summed E-state index contributed by atoms with van der Waals surface area (Å²) in [6.07, 6.45) is 0.845. The Labute approximate surface area is 126 Å². The molecule has 0 heterocycles. The highest BCUT2D eigenvalue weighted by Crippen LogP contribution is 2.21. The van der Waals surface area contributed by atoms with Crippen LogP contribution in [0.3, 0.4) is 0 Å². The number of hydrogen-bond acceptors (Lipinski definition) is 1.